The van der Waals surface area contributed by atoms with Crippen molar-refractivity contribution in [2.24, 2.45) is 5.92 Å². The number of benzene rings is 2. The maximum atomic E-state index is 15.9. The summed E-state index contributed by atoms with van der Waals surface area (Å²) in [7, 11) is 0. The zero-order chi connectivity index (χ0) is 38.8. The fraction of sp³-hybridized carbons (Fsp3) is 0.463. The second-order valence-corrected chi connectivity index (χ2v) is 15.8. The fourth-order valence-electron chi connectivity index (χ4n) is 8.69. The number of amides is 4. The number of hydrogen-bond donors (Lipinski definition) is 2. The number of fused-ring (bicyclic) bond motifs is 1. The van der Waals surface area contributed by atoms with E-state index in [2.05, 4.69) is 36.7 Å². The van der Waals surface area contributed by atoms with Gasteiger partial charge in [0.15, 0.2) is 11.5 Å². The monoisotopic (exact) mass is 817 g/mol. The molecule has 2 atom stereocenters. The molecule has 5 heterocycles. The summed E-state index contributed by atoms with van der Waals surface area (Å²) < 4.78 is 24.0. The highest BCUT2D eigenvalue weighted by Gasteiger charge is 2.34. The third-order valence-electron chi connectivity index (χ3n) is 11.7. The van der Waals surface area contributed by atoms with E-state index >= 15 is 4.39 Å². The Morgan fingerprint density at radius 1 is 0.982 bits per heavy atom. The number of nitrogens with one attached hydrogen (secondary N) is 2. The van der Waals surface area contributed by atoms with E-state index in [0.29, 0.717) is 47.5 Å². The van der Waals surface area contributed by atoms with Crippen LogP contribution in [0.2, 0.25) is 5.02 Å². The van der Waals surface area contributed by atoms with Crippen LogP contribution < -0.4 is 25.2 Å². The van der Waals surface area contributed by atoms with E-state index < -0.39 is 12.2 Å². The Kier molecular flexibility index (Phi) is 12.5. The molecule has 0 unspecified atom stereocenters. The minimum Gasteiger partial charge on any atom is -0.490 e. The molecule has 16 heteroatoms. The Morgan fingerprint density at radius 3 is 2.49 bits per heavy atom. The van der Waals surface area contributed by atoms with Gasteiger partial charge in [-0.1, -0.05) is 17.7 Å². The molecule has 0 spiro atoms. The van der Waals surface area contributed by atoms with Gasteiger partial charge < -0.3 is 24.4 Å². The molecular weight excluding hydrogens is 772 g/mol. The summed E-state index contributed by atoms with van der Waals surface area (Å²) in [6.45, 7) is 3.99. The van der Waals surface area contributed by atoms with Crippen molar-refractivity contribution in [3.63, 3.8) is 0 Å². The molecule has 2 aromatic carbocycles. The predicted octanol–water partition coefficient (Wildman–Crippen LogP) is 6.45. The van der Waals surface area contributed by atoms with E-state index in [-0.39, 0.29) is 48.8 Å². The van der Waals surface area contributed by atoms with E-state index in [1.807, 2.05) is 41.1 Å². The molecule has 4 aromatic rings. The molecule has 57 heavy (non-hydrogen) atoms. The molecule has 4 amide bonds. The fourth-order valence-corrected chi connectivity index (χ4v) is 8.90. The first-order valence-electron chi connectivity index (χ1n) is 19.6. The van der Waals surface area contributed by atoms with Crippen LogP contribution in [0.3, 0.4) is 0 Å². The highest BCUT2D eigenvalue weighted by Crippen LogP contribution is 2.35. The quantitative estimate of drug-likeness (QED) is 0.195. The molecule has 3 saturated heterocycles. The number of imide groups is 1. The normalized spacial score (nSPS) is 23.4. The van der Waals surface area contributed by atoms with Crippen LogP contribution in [0, 0.1) is 17.2 Å². The lowest BCUT2D eigenvalue weighted by Gasteiger charge is -2.39. The Morgan fingerprint density at radius 2 is 1.79 bits per heavy atom. The Balaban J connectivity index is 0.00000496. The maximum absolute atomic E-state index is 15.9. The summed E-state index contributed by atoms with van der Waals surface area (Å²) in [6.07, 6.45) is 6.91. The average molecular weight is 819 g/mol. The maximum Gasteiger partial charge on any atom is 0.328 e. The summed E-state index contributed by atoms with van der Waals surface area (Å²) in [5.41, 5.74) is 2.31. The first-order valence-corrected chi connectivity index (χ1v) is 19.9. The summed E-state index contributed by atoms with van der Waals surface area (Å²) in [5, 5.41) is 24.5. The van der Waals surface area contributed by atoms with Crippen molar-refractivity contribution >= 4 is 64.3 Å². The largest absolute Gasteiger partial charge is 0.490 e. The van der Waals surface area contributed by atoms with Gasteiger partial charge in [-0.05, 0) is 93.3 Å². The number of nitriles is 1. The van der Waals surface area contributed by atoms with Gasteiger partial charge in [0.05, 0.1) is 33.9 Å². The van der Waals surface area contributed by atoms with Gasteiger partial charge in [-0.2, -0.15) is 5.26 Å². The molecule has 0 radical (unpaired) electrons. The number of urea groups is 1. The molecule has 1 saturated carbocycles. The molecule has 13 nitrogen and oxygen atoms in total. The number of carbonyl (C=O) groups is 3. The van der Waals surface area contributed by atoms with Gasteiger partial charge in [-0.25, -0.2) is 9.18 Å². The summed E-state index contributed by atoms with van der Waals surface area (Å²) in [5.74, 6) is 1.33. The number of nitrogens with zero attached hydrogens (tertiary/aromatic N) is 7. The second-order valence-electron chi connectivity index (χ2n) is 15.3. The van der Waals surface area contributed by atoms with Crippen LogP contribution >= 0.6 is 24.0 Å². The first kappa shape index (κ1) is 40.2. The van der Waals surface area contributed by atoms with Crippen LogP contribution in [0.1, 0.15) is 73.5 Å². The van der Waals surface area contributed by atoms with Crippen molar-refractivity contribution in [1.82, 2.24) is 30.3 Å². The molecule has 3 aliphatic heterocycles. The number of aromatic nitrogens is 3. The van der Waals surface area contributed by atoms with Crippen LogP contribution in [-0.4, -0.2) is 95.1 Å². The number of hydrogen-bond acceptors (Lipinski definition) is 9. The molecule has 1 aliphatic carbocycles. The van der Waals surface area contributed by atoms with Gasteiger partial charge in [0.2, 0.25) is 5.91 Å². The lowest BCUT2D eigenvalue weighted by atomic mass is 9.92. The summed E-state index contributed by atoms with van der Waals surface area (Å²) in [6, 6.07) is 17.7. The number of carbonyl (C=O) groups excluding carboxylic acids is 3. The van der Waals surface area contributed by atoms with E-state index in [0.717, 1.165) is 87.1 Å². The number of likely N-dealkylation sites (tertiary alicyclic amines) is 1. The van der Waals surface area contributed by atoms with Crippen LogP contribution in [0.4, 0.5) is 20.7 Å². The van der Waals surface area contributed by atoms with Crippen molar-refractivity contribution in [3.8, 4) is 11.8 Å². The van der Waals surface area contributed by atoms with Crippen molar-refractivity contribution in [2.45, 2.75) is 75.7 Å². The van der Waals surface area contributed by atoms with E-state index in [1.165, 1.54) is 0 Å². The lowest BCUT2D eigenvalue weighted by molar-refractivity contribution is -0.120. The lowest BCUT2D eigenvalue weighted by Crippen LogP contribution is -2.49. The predicted molar refractivity (Wildman–Crippen MR) is 217 cm³/mol. The summed E-state index contributed by atoms with van der Waals surface area (Å²) >= 11 is 6.14. The van der Waals surface area contributed by atoms with E-state index in [1.54, 1.807) is 29.2 Å². The molecule has 8 rings (SSSR count). The van der Waals surface area contributed by atoms with Gasteiger partial charge in [0, 0.05) is 69.4 Å². The van der Waals surface area contributed by atoms with E-state index in [4.69, 9.17) is 21.6 Å². The molecule has 2 aromatic heterocycles. The SMILES string of the molecule is Cl.N#Cc1ccc(O[C@H]2CC[C@H](NC(=O)c3ccc(N4CCC(CN5CC[C@H](n6ccc7c(N8CCC(=O)NC8=O)cccc76)[C@H](F)C5)CC4)nn3)CC2)cc1Cl. The Hall–Kier alpha value is -4.97. The van der Waals surface area contributed by atoms with Gasteiger partial charge >= 0.3 is 6.03 Å². The number of alkyl halides is 1. The minimum atomic E-state index is -1.03. The van der Waals surface area contributed by atoms with Crippen LogP contribution in [0.15, 0.2) is 60.8 Å². The molecule has 300 valence electrons. The number of rotatable bonds is 9. The van der Waals surface area contributed by atoms with Crippen molar-refractivity contribution < 1.29 is 23.5 Å². The molecule has 4 fully saturated rings. The molecule has 0 bridgehead atoms. The van der Waals surface area contributed by atoms with Crippen LogP contribution in [-0.2, 0) is 4.79 Å². The topological polar surface area (TPSA) is 149 Å². The van der Waals surface area contributed by atoms with Gasteiger partial charge in [-0.3, -0.25) is 19.8 Å². The zero-order valence-electron chi connectivity index (χ0n) is 31.5. The smallest absolute Gasteiger partial charge is 0.328 e. The Labute approximate surface area is 341 Å². The number of ether oxygens (including phenoxy) is 1. The van der Waals surface area contributed by atoms with Crippen molar-refractivity contribution in [2.75, 3.05) is 49.1 Å². The Bertz CT molecular complexity index is 2130. The van der Waals surface area contributed by atoms with Crippen molar-refractivity contribution in [1.29, 1.82) is 5.26 Å². The van der Waals surface area contributed by atoms with Gasteiger partial charge in [-0.15, -0.1) is 22.6 Å². The standard InChI is InChI=1S/C41H45ClFN9O4.ClH/c42-32-22-30(7-4-27(32)23-44)56-29-8-5-28(6-9-29)45-40(54)34-10-11-38(48-47-34)50-18-12-26(13-19-50)24-49-17-15-37(33(43)25-49)51-20-14-31-35(51)2-1-3-36(31)52-21-16-39(53)46-41(52)55;/h1-4,7,10-11,14,20,22,26,28-29,33,37H,5-6,8-9,12-13,15-19,21,24-25H2,(H,45,54)(H,46,53,55);1H/t28-,29-,33-,37+;/m1./s1. The third kappa shape index (κ3) is 8.96. The minimum absolute atomic E-state index is 0. The second kappa shape index (κ2) is 17.7. The number of piperidine rings is 2. The zero-order valence-corrected chi connectivity index (χ0v) is 33.1. The highest BCUT2D eigenvalue weighted by molar-refractivity contribution is 6.31. The number of halogens is 3. The highest BCUT2D eigenvalue weighted by atomic mass is 35.5. The van der Waals surface area contributed by atoms with Gasteiger partial charge in [0.1, 0.15) is 18.0 Å². The van der Waals surface area contributed by atoms with Crippen molar-refractivity contribution in [3.05, 3.63) is 77.1 Å². The average Bonchev–Trinajstić information content (AvgIpc) is 3.64. The van der Waals surface area contributed by atoms with E-state index in [9.17, 15) is 14.4 Å². The first-order chi connectivity index (χ1) is 27.2. The molecule has 4 aliphatic rings. The third-order valence-corrected chi connectivity index (χ3v) is 12.1. The number of anilines is 2. The van der Waals surface area contributed by atoms with Crippen LogP contribution in [0.5, 0.6) is 5.75 Å². The molecule has 2 N–H and O–H groups in total. The summed E-state index contributed by atoms with van der Waals surface area (Å²) in [4.78, 5) is 43.3. The molecular formula is C41H46Cl2FN9O4. The van der Waals surface area contributed by atoms with Gasteiger partial charge in [0.25, 0.3) is 5.91 Å². The van der Waals surface area contributed by atoms with Crippen LogP contribution in [0.25, 0.3) is 10.9 Å².